The van der Waals surface area contributed by atoms with Gasteiger partial charge in [0.1, 0.15) is 0 Å². The zero-order valence-electron chi connectivity index (χ0n) is 13.8. The molecule has 21 heavy (non-hydrogen) atoms. The van der Waals surface area contributed by atoms with Gasteiger partial charge in [-0.05, 0) is 56.9 Å². The van der Waals surface area contributed by atoms with Crippen molar-refractivity contribution in [1.29, 1.82) is 0 Å². The Morgan fingerprint density at radius 1 is 1.10 bits per heavy atom. The lowest BCUT2D eigenvalue weighted by Gasteiger charge is -2.19. The minimum atomic E-state index is -3.46. The summed E-state index contributed by atoms with van der Waals surface area (Å²) in [6.45, 7) is 10.6. The van der Waals surface area contributed by atoms with Crippen molar-refractivity contribution < 1.29 is 8.42 Å². The van der Waals surface area contributed by atoms with E-state index in [-0.39, 0.29) is 6.04 Å². The van der Waals surface area contributed by atoms with Crippen molar-refractivity contribution >= 4 is 15.7 Å². The van der Waals surface area contributed by atoms with E-state index < -0.39 is 10.0 Å². The van der Waals surface area contributed by atoms with Crippen LogP contribution in [0.5, 0.6) is 0 Å². The first-order valence-electron chi connectivity index (χ1n) is 7.73. The third kappa shape index (κ3) is 4.71. The zero-order chi connectivity index (χ0) is 16.0. The van der Waals surface area contributed by atoms with Crippen LogP contribution in [0, 0.1) is 13.8 Å². The smallest absolute Gasteiger partial charge is 0.241 e. The van der Waals surface area contributed by atoms with E-state index in [0.717, 1.165) is 42.6 Å². The van der Waals surface area contributed by atoms with Crippen molar-refractivity contribution in [3.05, 3.63) is 23.3 Å². The number of benzene rings is 1. The average Bonchev–Trinajstić information content (AvgIpc) is 2.37. The molecule has 1 atom stereocenters. The Hall–Kier alpha value is -1.07. The quantitative estimate of drug-likeness (QED) is 0.771. The molecule has 0 aliphatic rings. The van der Waals surface area contributed by atoms with E-state index in [1.54, 1.807) is 0 Å². The highest BCUT2D eigenvalue weighted by molar-refractivity contribution is 7.89. The lowest BCUT2D eigenvalue weighted by Crippen LogP contribution is -2.35. The van der Waals surface area contributed by atoms with Gasteiger partial charge in [0.25, 0.3) is 0 Å². The number of rotatable bonds is 8. The van der Waals surface area contributed by atoms with Crippen LogP contribution in [0.2, 0.25) is 0 Å². The molecule has 0 amide bonds. The van der Waals surface area contributed by atoms with Gasteiger partial charge in [-0.15, -0.1) is 0 Å². The molecule has 2 N–H and O–H groups in total. The van der Waals surface area contributed by atoms with Crippen molar-refractivity contribution in [2.45, 2.75) is 64.8 Å². The number of hydrogen-bond donors (Lipinski definition) is 2. The summed E-state index contributed by atoms with van der Waals surface area (Å²) in [5.41, 5.74) is 2.53. The SMILES string of the molecule is CCCC(CC)NS(=O)(=O)c1c(C)cc(NCC)cc1C. The lowest BCUT2D eigenvalue weighted by molar-refractivity contribution is 0.512. The Labute approximate surface area is 129 Å². The van der Waals surface area contributed by atoms with Gasteiger partial charge in [0.15, 0.2) is 0 Å². The molecule has 0 heterocycles. The summed E-state index contributed by atoms with van der Waals surface area (Å²) in [7, 11) is -3.46. The standard InChI is InChI=1S/C16H28N2O2S/c1-6-9-14(7-2)18-21(19,20)16-12(4)10-15(17-8-3)11-13(16)5/h10-11,14,17-18H,6-9H2,1-5H3. The van der Waals surface area contributed by atoms with Gasteiger partial charge in [-0.2, -0.15) is 0 Å². The summed E-state index contributed by atoms with van der Waals surface area (Å²) in [6.07, 6.45) is 2.64. The van der Waals surface area contributed by atoms with E-state index in [9.17, 15) is 8.42 Å². The molecule has 1 rings (SSSR count). The van der Waals surface area contributed by atoms with Crippen LogP contribution in [0.4, 0.5) is 5.69 Å². The molecule has 1 aromatic carbocycles. The highest BCUT2D eigenvalue weighted by Gasteiger charge is 2.23. The number of aryl methyl sites for hydroxylation is 2. The summed E-state index contributed by atoms with van der Waals surface area (Å²) in [5, 5.41) is 3.22. The van der Waals surface area contributed by atoms with Gasteiger partial charge in [0.2, 0.25) is 10.0 Å². The van der Waals surface area contributed by atoms with Crippen LogP contribution in [0.3, 0.4) is 0 Å². The molecule has 0 saturated heterocycles. The minimum Gasteiger partial charge on any atom is -0.385 e. The second-order valence-electron chi connectivity index (χ2n) is 5.48. The second kappa shape index (κ2) is 7.80. The fourth-order valence-electron chi connectivity index (χ4n) is 2.65. The maximum atomic E-state index is 12.7. The molecule has 0 spiro atoms. The molecular formula is C16H28N2O2S. The summed E-state index contributed by atoms with van der Waals surface area (Å²) in [5.74, 6) is 0. The minimum absolute atomic E-state index is 0.00671. The van der Waals surface area contributed by atoms with Crippen LogP contribution in [-0.4, -0.2) is 21.0 Å². The molecule has 0 fully saturated rings. The number of sulfonamides is 1. The fourth-order valence-corrected chi connectivity index (χ4v) is 4.46. The summed E-state index contributed by atoms with van der Waals surface area (Å²) in [4.78, 5) is 0.415. The van der Waals surface area contributed by atoms with E-state index in [1.807, 2.05) is 39.8 Å². The van der Waals surface area contributed by atoms with Gasteiger partial charge in [-0.25, -0.2) is 13.1 Å². The van der Waals surface area contributed by atoms with Gasteiger partial charge in [-0.3, -0.25) is 0 Å². The van der Waals surface area contributed by atoms with Crippen molar-refractivity contribution in [1.82, 2.24) is 4.72 Å². The van der Waals surface area contributed by atoms with Crippen molar-refractivity contribution in [2.75, 3.05) is 11.9 Å². The molecule has 5 heteroatoms. The van der Waals surface area contributed by atoms with Crippen LogP contribution >= 0.6 is 0 Å². The molecule has 1 unspecified atom stereocenters. The largest absolute Gasteiger partial charge is 0.385 e. The first kappa shape index (κ1) is 18.0. The van der Waals surface area contributed by atoms with Crippen LogP contribution in [0.1, 0.15) is 51.2 Å². The summed E-state index contributed by atoms with van der Waals surface area (Å²) in [6, 6.07) is 3.80. The van der Waals surface area contributed by atoms with Gasteiger partial charge >= 0.3 is 0 Å². The predicted molar refractivity (Wildman–Crippen MR) is 89.4 cm³/mol. The van der Waals surface area contributed by atoms with Crippen molar-refractivity contribution in [3.63, 3.8) is 0 Å². The van der Waals surface area contributed by atoms with Gasteiger partial charge in [-0.1, -0.05) is 20.3 Å². The third-order valence-corrected chi connectivity index (χ3v) is 5.39. The van der Waals surface area contributed by atoms with Gasteiger partial charge in [0, 0.05) is 18.3 Å². The molecule has 120 valence electrons. The number of anilines is 1. The molecule has 0 aliphatic carbocycles. The highest BCUT2D eigenvalue weighted by atomic mass is 32.2. The Bertz CT molecular complexity index is 545. The Morgan fingerprint density at radius 3 is 2.10 bits per heavy atom. The summed E-state index contributed by atoms with van der Waals surface area (Å²) < 4.78 is 28.2. The summed E-state index contributed by atoms with van der Waals surface area (Å²) >= 11 is 0. The molecule has 0 bridgehead atoms. The van der Waals surface area contributed by atoms with Crippen LogP contribution < -0.4 is 10.0 Å². The molecule has 0 radical (unpaired) electrons. The normalized spacial score (nSPS) is 13.2. The molecule has 1 aromatic rings. The fraction of sp³-hybridized carbons (Fsp3) is 0.625. The lowest BCUT2D eigenvalue weighted by atomic mass is 10.1. The van der Waals surface area contributed by atoms with Crippen LogP contribution in [0.15, 0.2) is 17.0 Å². The first-order valence-corrected chi connectivity index (χ1v) is 9.21. The zero-order valence-corrected chi connectivity index (χ0v) is 14.6. The molecule has 0 aromatic heterocycles. The topological polar surface area (TPSA) is 58.2 Å². The van der Waals surface area contributed by atoms with E-state index in [1.165, 1.54) is 0 Å². The van der Waals surface area contributed by atoms with E-state index >= 15 is 0 Å². The van der Waals surface area contributed by atoms with Crippen LogP contribution in [-0.2, 0) is 10.0 Å². The molecular weight excluding hydrogens is 284 g/mol. The first-order chi connectivity index (χ1) is 9.85. The Kier molecular flexibility index (Phi) is 6.68. The predicted octanol–water partition coefficient (Wildman–Crippen LogP) is 3.59. The van der Waals surface area contributed by atoms with Gasteiger partial charge in [0.05, 0.1) is 4.90 Å². The third-order valence-electron chi connectivity index (χ3n) is 3.56. The number of hydrogen-bond acceptors (Lipinski definition) is 3. The van der Waals surface area contributed by atoms with E-state index in [0.29, 0.717) is 4.90 Å². The maximum Gasteiger partial charge on any atom is 0.241 e. The maximum absolute atomic E-state index is 12.7. The van der Waals surface area contributed by atoms with Crippen molar-refractivity contribution in [3.8, 4) is 0 Å². The monoisotopic (exact) mass is 312 g/mol. The van der Waals surface area contributed by atoms with E-state index in [2.05, 4.69) is 17.0 Å². The highest BCUT2D eigenvalue weighted by Crippen LogP contribution is 2.25. The van der Waals surface area contributed by atoms with Crippen LogP contribution in [0.25, 0.3) is 0 Å². The molecule has 0 saturated carbocycles. The Balaban J connectivity index is 3.13. The second-order valence-corrected chi connectivity index (χ2v) is 7.14. The molecule has 4 nitrogen and oxygen atoms in total. The molecule has 0 aliphatic heterocycles. The number of nitrogens with one attached hydrogen (secondary N) is 2. The van der Waals surface area contributed by atoms with E-state index in [4.69, 9.17) is 0 Å². The van der Waals surface area contributed by atoms with Gasteiger partial charge < -0.3 is 5.32 Å². The van der Waals surface area contributed by atoms with Crippen molar-refractivity contribution in [2.24, 2.45) is 0 Å². The Morgan fingerprint density at radius 2 is 1.67 bits per heavy atom. The average molecular weight is 312 g/mol.